The molecule has 0 unspecified atom stereocenters. The van der Waals surface area contributed by atoms with Gasteiger partial charge in [0.05, 0.1) is 19.8 Å². The number of carbonyl (C=O) groups is 3. The first-order valence-corrected chi connectivity index (χ1v) is 6.92. The van der Waals surface area contributed by atoms with E-state index in [9.17, 15) is 14.4 Å². The molecular formula is C15H20N2O4. The molecule has 1 aliphatic heterocycles. The Morgan fingerprint density at radius 3 is 2.43 bits per heavy atom. The molecule has 2 rings (SSSR count). The van der Waals surface area contributed by atoms with Crippen LogP contribution in [0.4, 0.5) is 4.79 Å². The predicted molar refractivity (Wildman–Crippen MR) is 77.3 cm³/mol. The van der Waals surface area contributed by atoms with Gasteiger partial charge in [0.2, 0.25) is 11.8 Å². The normalized spacial score (nSPS) is 14.4. The van der Waals surface area contributed by atoms with E-state index < -0.39 is 17.8 Å². The Labute approximate surface area is 124 Å². The first-order valence-electron chi connectivity index (χ1n) is 6.92. The van der Waals surface area contributed by atoms with E-state index in [1.807, 2.05) is 44.2 Å². The van der Waals surface area contributed by atoms with Crippen molar-refractivity contribution >= 4 is 17.8 Å². The molecule has 0 spiro atoms. The standard InChI is InChI=1S/C13H14N2O4.C2H6/c16-11-8-12(17)15(13(18)14-11)6-7-19-9-10-4-2-1-3-5-10;1-2/h1-5H,6-9H2,(H,14,16,18);1-2H3. The second-order valence-corrected chi connectivity index (χ2v) is 4.11. The average Bonchev–Trinajstić information content (AvgIpc) is 2.48. The smallest absolute Gasteiger partial charge is 0.330 e. The summed E-state index contributed by atoms with van der Waals surface area (Å²) in [6, 6.07) is 8.91. The van der Waals surface area contributed by atoms with Crippen LogP contribution in [-0.2, 0) is 20.9 Å². The summed E-state index contributed by atoms with van der Waals surface area (Å²) in [6.45, 7) is 4.80. The fourth-order valence-electron chi connectivity index (χ4n) is 1.72. The molecule has 0 aliphatic carbocycles. The van der Waals surface area contributed by atoms with Crippen LogP contribution in [0.15, 0.2) is 30.3 Å². The molecule has 1 N–H and O–H groups in total. The van der Waals surface area contributed by atoms with Crippen LogP contribution < -0.4 is 5.32 Å². The summed E-state index contributed by atoms with van der Waals surface area (Å²) in [5, 5.41) is 2.09. The van der Waals surface area contributed by atoms with Gasteiger partial charge in [-0.2, -0.15) is 0 Å². The molecule has 6 nitrogen and oxygen atoms in total. The molecule has 0 bridgehead atoms. The van der Waals surface area contributed by atoms with E-state index >= 15 is 0 Å². The summed E-state index contributed by atoms with van der Waals surface area (Å²) in [7, 11) is 0. The van der Waals surface area contributed by atoms with Crippen LogP contribution in [0.1, 0.15) is 25.8 Å². The minimum absolute atomic E-state index is 0.144. The summed E-state index contributed by atoms with van der Waals surface area (Å²) in [4.78, 5) is 34.8. The lowest BCUT2D eigenvalue weighted by Gasteiger charge is -2.24. The van der Waals surface area contributed by atoms with Gasteiger partial charge in [0, 0.05) is 0 Å². The van der Waals surface area contributed by atoms with Crippen molar-refractivity contribution in [1.29, 1.82) is 0 Å². The Morgan fingerprint density at radius 1 is 1.14 bits per heavy atom. The highest BCUT2D eigenvalue weighted by Crippen LogP contribution is 2.04. The van der Waals surface area contributed by atoms with E-state index in [1.54, 1.807) is 0 Å². The maximum absolute atomic E-state index is 11.5. The fourth-order valence-corrected chi connectivity index (χ4v) is 1.72. The summed E-state index contributed by atoms with van der Waals surface area (Å²) in [5.41, 5.74) is 1.02. The van der Waals surface area contributed by atoms with Crippen molar-refractivity contribution in [2.75, 3.05) is 13.2 Å². The largest absolute Gasteiger partial charge is 0.375 e. The molecule has 0 radical (unpaired) electrons. The fraction of sp³-hybridized carbons (Fsp3) is 0.400. The van der Waals surface area contributed by atoms with Gasteiger partial charge < -0.3 is 4.74 Å². The number of rotatable bonds is 5. The van der Waals surface area contributed by atoms with Crippen molar-refractivity contribution in [3.8, 4) is 0 Å². The molecule has 1 saturated heterocycles. The Morgan fingerprint density at radius 2 is 1.81 bits per heavy atom. The quantitative estimate of drug-likeness (QED) is 0.662. The average molecular weight is 292 g/mol. The van der Waals surface area contributed by atoms with Crippen LogP contribution in [-0.4, -0.2) is 35.9 Å². The molecule has 114 valence electrons. The van der Waals surface area contributed by atoms with Gasteiger partial charge in [-0.1, -0.05) is 44.2 Å². The second kappa shape index (κ2) is 8.86. The van der Waals surface area contributed by atoms with Crippen LogP contribution in [0.3, 0.4) is 0 Å². The number of imide groups is 2. The highest BCUT2D eigenvalue weighted by Gasteiger charge is 2.30. The van der Waals surface area contributed by atoms with Crippen LogP contribution in [0, 0.1) is 0 Å². The van der Waals surface area contributed by atoms with Crippen LogP contribution in [0.25, 0.3) is 0 Å². The van der Waals surface area contributed by atoms with Gasteiger partial charge in [0.15, 0.2) is 0 Å². The van der Waals surface area contributed by atoms with Crippen molar-refractivity contribution < 1.29 is 19.1 Å². The SMILES string of the molecule is CC.O=C1CC(=O)N(CCOCc2ccccc2)C(=O)N1. The van der Waals surface area contributed by atoms with E-state index in [-0.39, 0.29) is 19.6 Å². The highest BCUT2D eigenvalue weighted by molar-refractivity contribution is 6.14. The third-order valence-electron chi connectivity index (χ3n) is 2.68. The Kier molecular flexibility index (Phi) is 7.11. The van der Waals surface area contributed by atoms with Gasteiger partial charge in [-0.3, -0.25) is 19.8 Å². The predicted octanol–water partition coefficient (Wildman–Crippen LogP) is 1.70. The number of hydrogen-bond donors (Lipinski definition) is 1. The van der Waals surface area contributed by atoms with Gasteiger partial charge in [-0.05, 0) is 5.56 Å². The summed E-state index contributed by atoms with van der Waals surface area (Å²) < 4.78 is 5.39. The lowest BCUT2D eigenvalue weighted by molar-refractivity contribution is -0.136. The number of ether oxygens (including phenoxy) is 1. The van der Waals surface area contributed by atoms with Crippen molar-refractivity contribution in [2.24, 2.45) is 0 Å². The Balaban J connectivity index is 0.00000106. The van der Waals surface area contributed by atoms with E-state index in [0.717, 1.165) is 10.5 Å². The van der Waals surface area contributed by atoms with Gasteiger partial charge in [0.25, 0.3) is 0 Å². The molecule has 6 heteroatoms. The number of carbonyl (C=O) groups excluding carboxylic acids is 3. The second-order valence-electron chi connectivity index (χ2n) is 4.11. The van der Waals surface area contributed by atoms with Crippen molar-refractivity contribution in [3.05, 3.63) is 35.9 Å². The minimum atomic E-state index is -0.676. The summed E-state index contributed by atoms with van der Waals surface area (Å²) in [5.74, 6) is -1.05. The van der Waals surface area contributed by atoms with Gasteiger partial charge in [-0.15, -0.1) is 0 Å². The molecule has 1 aromatic rings. The van der Waals surface area contributed by atoms with Crippen LogP contribution >= 0.6 is 0 Å². The summed E-state index contributed by atoms with van der Waals surface area (Å²) in [6.07, 6.45) is -0.287. The Bertz CT molecular complexity index is 468. The zero-order chi connectivity index (χ0) is 15.7. The molecule has 21 heavy (non-hydrogen) atoms. The molecule has 0 aromatic heterocycles. The number of benzene rings is 1. The van der Waals surface area contributed by atoms with Gasteiger partial charge in [-0.25, -0.2) is 4.79 Å². The van der Waals surface area contributed by atoms with Crippen LogP contribution in [0.5, 0.6) is 0 Å². The maximum Gasteiger partial charge on any atom is 0.330 e. The maximum atomic E-state index is 11.5. The summed E-state index contributed by atoms with van der Waals surface area (Å²) >= 11 is 0. The number of barbiturate groups is 1. The molecule has 0 saturated carbocycles. The minimum Gasteiger partial charge on any atom is -0.375 e. The zero-order valence-electron chi connectivity index (χ0n) is 12.3. The molecule has 4 amide bonds. The molecular weight excluding hydrogens is 272 g/mol. The lowest BCUT2D eigenvalue weighted by Crippen LogP contribution is -2.53. The molecule has 1 fully saturated rings. The first kappa shape index (κ1) is 16.8. The number of nitrogens with zero attached hydrogens (tertiary/aromatic N) is 1. The van der Waals surface area contributed by atoms with E-state index in [0.29, 0.717) is 6.61 Å². The highest BCUT2D eigenvalue weighted by atomic mass is 16.5. The third kappa shape index (κ3) is 5.35. The van der Waals surface area contributed by atoms with E-state index in [2.05, 4.69) is 5.32 Å². The molecule has 1 heterocycles. The topological polar surface area (TPSA) is 75.7 Å². The molecule has 1 aromatic carbocycles. The third-order valence-corrected chi connectivity index (χ3v) is 2.68. The van der Waals surface area contributed by atoms with Gasteiger partial charge >= 0.3 is 6.03 Å². The van der Waals surface area contributed by atoms with Crippen molar-refractivity contribution in [3.63, 3.8) is 0 Å². The van der Waals surface area contributed by atoms with Crippen molar-refractivity contribution in [2.45, 2.75) is 26.9 Å². The number of nitrogens with one attached hydrogen (secondary N) is 1. The number of urea groups is 1. The van der Waals surface area contributed by atoms with E-state index in [4.69, 9.17) is 4.74 Å². The van der Waals surface area contributed by atoms with E-state index in [1.165, 1.54) is 0 Å². The lowest BCUT2D eigenvalue weighted by atomic mass is 10.2. The molecule has 1 aliphatic rings. The van der Waals surface area contributed by atoms with Gasteiger partial charge in [0.1, 0.15) is 6.42 Å². The number of hydrogen-bond acceptors (Lipinski definition) is 4. The monoisotopic (exact) mass is 292 g/mol. The number of amides is 4. The van der Waals surface area contributed by atoms with Crippen molar-refractivity contribution in [1.82, 2.24) is 10.2 Å². The first-order chi connectivity index (χ1) is 10.2. The van der Waals surface area contributed by atoms with Crippen LogP contribution in [0.2, 0.25) is 0 Å². The zero-order valence-corrected chi connectivity index (χ0v) is 12.3. The Hall–Kier alpha value is -2.21. The molecule has 0 atom stereocenters.